The van der Waals surface area contributed by atoms with Gasteiger partial charge < -0.3 is 11.1 Å². The zero-order chi connectivity index (χ0) is 13.0. The van der Waals surface area contributed by atoms with E-state index in [0.29, 0.717) is 5.92 Å². The molecule has 0 saturated carbocycles. The van der Waals surface area contributed by atoms with Crippen molar-refractivity contribution < 1.29 is 4.92 Å². The number of hydrogen-bond acceptors (Lipinski definition) is 6. The highest BCUT2D eigenvalue weighted by atomic mass is 16.6. The molecule has 1 aromatic heterocycles. The van der Waals surface area contributed by atoms with Crippen LogP contribution in [0.2, 0.25) is 0 Å². The third-order valence-electron chi connectivity index (χ3n) is 2.90. The summed E-state index contributed by atoms with van der Waals surface area (Å²) >= 11 is 0. The van der Waals surface area contributed by atoms with Crippen molar-refractivity contribution in [2.45, 2.75) is 33.2 Å². The van der Waals surface area contributed by atoms with Gasteiger partial charge in [-0.15, -0.1) is 0 Å². The third-order valence-corrected chi connectivity index (χ3v) is 2.90. The predicted octanol–water partition coefficient (Wildman–Crippen LogP) is 1.81. The van der Waals surface area contributed by atoms with Crippen molar-refractivity contribution in [2.24, 2.45) is 5.92 Å². The predicted molar refractivity (Wildman–Crippen MR) is 65.6 cm³/mol. The van der Waals surface area contributed by atoms with Crippen molar-refractivity contribution in [3.8, 4) is 0 Å². The Bertz CT molecular complexity index is 410. The Balaban J connectivity index is 2.98. The van der Waals surface area contributed by atoms with E-state index in [1.165, 1.54) is 6.33 Å². The van der Waals surface area contributed by atoms with Crippen LogP contribution in [-0.2, 0) is 0 Å². The SMILES string of the molecule is CCC(C)C(C)Nc1ncnc(N)c1[N+](=O)[O-]. The van der Waals surface area contributed by atoms with E-state index < -0.39 is 4.92 Å². The molecule has 3 N–H and O–H groups in total. The summed E-state index contributed by atoms with van der Waals surface area (Å²) in [6.45, 7) is 6.08. The van der Waals surface area contributed by atoms with Crippen LogP contribution in [0, 0.1) is 16.0 Å². The molecule has 1 aromatic rings. The highest BCUT2D eigenvalue weighted by Crippen LogP contribution is 2.27. The van der Waals surface area contributed by atoms with Crippen LogP contribution >= 0.6 is 0 Å². The van der Waals surface area contributed by atoms with E-state index in [1.54, 1.807) is 0 Å². The lowest BCUT2D eigenvalue weighted by Crippen LogP contribution is -2.24. The number of nitrogens with two attached hydrogens (primary N) is 1. The first-order valence-electron chi connectivity index (χ1n) is 5.48. The van der Waals surface area contributed by atoms with Crippen molar-refractivity contribution in [2.75, 3.05) is 11.1 Å². The molecule has 2 unspecified atom stereocenters. The van der Waals surface area contributed by atoms with E-state index in [1.807, 2.05) is 6.92 Å². The number of nitrogen functional groups attached to an aromatic ring is 1. The number of anilines is 2. The first-order valence-corrected chi connectivity index (χ1v) is 5.48. The molecule has 0 aliphatic rings. The number of rotatable bonds is 5. The van der Waals surface area contributed by atoms with Gasteiger partial charge in [-0.1, -0.05) is 20.3 Å². The molecule has 2 atom stereocenters. The molecule has 0 bridgehead atoms. The summed E-state index contributed by atoms with van der Waals surface area (Å²) in [6, 6.07) is 0.0769. The summed E-state index contributed by atoms with van der Waals surface area (Å²) < 4.78 is 0. The van der Waals surface area contributed by atoms with Crippen LogP contribution in [0.5, 0.6) is 0 Å². The maximum atomic E-state index is 10.9. The normalized spacial score (nSPS) is 14.1. The number of nitrogens with one attached hydrogen (secondary N) is 1. The number of nitrogens with zero attached hydrogens (tertiary/aromatic N) is 3. The van der Waals surface area contributed by atoms with Crippen molar-refractivity contribution in [1.29, 1.82) is 0 Å². The van der Waals surface area contributed by atoms with Gasteiger partial charge in [0.15, 0.2) is 0 Å². The van der Waals surface area contributed by atoms with Crippen molar-refractivity contribution in [3.05, 3.63) is 16.4 Å². The van der Waals surface area contributed by atoms with Gasteiger partial charge in [0.2, 0.25) is 11.6 Å². The molecule has 0 aromatic carbocycles. The highest BCUT2D eigenvalue weighted by molar-refractivity contribution is 5.67. The van der Waals surface area contributed by atoms with Crippen LogP contribution in [0.4, 0.5) is 17.3 Å². The number of hydrogen-bond donors (Lipinski definition) is 2. The molecule has 17 heavy (non-hydrogen) atoms. The summed E-state index contributed by atoms with van der Waals surface area (Å²) in [6.07, 6.45) is 2.19. The molecular weight excluding hydrogens is 222 g/mol. The molecule has 0 radical (unpaired) electrons. The van der Waals surface area contributed by atoms with Gasteiger partial charge in [-0.25, -0.2) is 9.97 Å². The summed E-state index contributed by atoms with van der Waals surface area (Å²) in [5, 5.41) is 13.9. The summed E-state index contributed by atoms with van der Waals surface area (Å²) in [7, 11) is 0. The molecular formula is C10H17N5O2. The largest absolute Gasteiger partial charge is 0.378 e. The minimum absolute atomic E-state index is 0.0769. The molecule has 0 aliphatic carbocycles. The van der Waals surface area contributed by atoms with Gasteiger partial charge in [0.05, 0.1) is 4.92 Å². The van der Waals surface area contributed by atoms with E-state index in [2.05, 4.69) is 29.1 Å². The van der Waals surface area contributed by atoms with Gasteiger partial charge in [0, 0.05) is 6.04 Å². The second-order valence-corrected chi connectivity index (χ2v) is 4.03. The molecule has 0 amide bonds. The lowest BCUT2D eigenvalue weighted by atomic mass is 10.0. The van der Waals surface area contributed by atoms with Gasteiger partial charge in [0.25, 0.3) is 0 Å². The average molecular weight is 239 g/mol. The summed E-state index contributed by atoms with van der Waals surface area (Å²) in [4.78, 5) is 17.8. The molecule has 1 heterocycles. The molecule has 94 valence electrons. The fourth-order valence-electron chi connectivity index (χ4n) is 1.39. The highest BCUT2D eigenvalue weighted by Gasteiger charge is 2.23. The maximum Gasteiger partial charge on any atom is 0.352 e. The average Bonchev–Trinajstić information content (AvgIpc) is 2.27. The molecule has 0 fully saturated rings. The number of aromatic nitrogens is 2. The summed E-state index contributed by atoms with van der Waals surface area (Å²) in [5.41, 5.74) is 5.21. The molecule has 7 heteroatoms. The minimum atomic E-state index is -0.568. The molecule has 7 nitrogen and oxygen atoms in total. The Hall–Kier alpha value is -1.92. The minimum Gasteiger partial charge on any atom is -0.378 e. The fourth-order valence-corrected chi connectivity index (χ4v) is 1.39. The van der Waals surface area contributed by atoms with E-state index in [4.69, 9.17) is 5.73 Å². The van der Waals surface area contributed by atoms with Crippen molar-refractivity contribution >= 4 is 17.3 Å². The van der Waals surface area contributed by atoms with Crippen LogP contribution < -0.4 is 11.1 Å². The first-order chi connectivity index (χ1) is 7.97. The lowest BCUT2D eigenvalue weighted by Gasteiger charge is -2.20. The van der Waals surface area contributed by atoms with Crippen LogP contribution in [0.3, 0.4) is 0 Å². The second kappa shape index (κ2) is 5.42. The molecule has 1 rings (SSSR count). The Morgan fingerprint density at radius 2 is 2.18 bits per heavy atom. The van der Waals surface area contributed by atoms with Gasteiger partial charge in [-0.3, -0.25) is 10.1 Å². The third kappa shape index (κ3) is 3.02. The van der Waals surface area contributed by atoms with Crippen LogP contribution in [0.15, 0.2) is 6.33 Å². The van der Waals surface area contributed by atoms with E-state index in [9.17, 15) is 10.1 Å². The Morgan fingerprint density at radius 3 is 2.71 bits per heavy atom. The molecule has 0 spiro atoms. The Morgan fingerprint density at radius 1 is 1.53 bits per heavy atom. The second-order valence-electron chi connectivity index (χ2n) is 4.03. The van der Waals surface area contributed by atoms with Crippen LogP contribution in [0.1, 0.15) is 27.2 Å². The van der Waals surface area contributed by atoms with Crippen molar-refractivity contribution in [1.82, 2.24) is 9.97 Å². The Labute approximate surface area is 99.6 Å². The standard InChI is InChI=1S/C10H17N5O2/c1-4-6(2)7(3)14-10-8(15(16)17)9(11)12-5-13-10/h5-7H,4H2,1-3H3,(H3,11,12,13,14). The topological polar surface area (TPSA) is 107 Å². The maximum absolute atomic E-state index is 10.9. The smallest absolute Gasteiger partial charge is 0.352 e. The van der Waals surface area contributed by atoms with Gasteiger partial charge in [-0.05, 0) is 12.8 Å². The fraction of sp³-hybridized carbons (Fsp3) is 0.600. The van der Waals surface area contributed by atoms with Gasteiger partial charge in [0.1, 0.15) is 6.33 Å². The zero-order valence-electron chi connectivity index (χ0n) is 10.2. The van der Waals surface area contributed by atoms with Crippen LogP contribution in [-0.4, -0.2) is 20.9 Å². The van der Waals surface area contributed by atoms with E-state index >= 15 is 0 Å². The first kappa shape index (κ1) is 13.1. The number of nitro groups is 1. The molecule has 0 saturated heterocycles. The van der Waals surface area contributed by atoms with Crippen LogP contribution in [0.25, 0.3) is 0 Å². The summed E-state index contributed by atoms with van der Waals surface area (Å²) in [5.74, 6) is 0.435. The van der Waals surface area contributed by atoms with Gasteiger partial charge in [-0.2, -0.15) is 0 Å². The monoisotopic (exact) mass is 239 g/mol. The molecule has 0 aliphatic heterocycles. The van der Waals surface area contributed by atoms with E-state index in [-0.39, 0.29) is 23.4 Å². The lowest BCUT2D eigenvalue weighted by molar-refractivity contribution is -0.383. The quantitative estimate of drug-likeness (QED) is 0.599. The van der Waals surface area contributed by atoms with Gasteiger partial charge >= 0.3 is 5.69 Å². The Kier molecular flexibility index (Phi) is 4.19. The van der Waals surface area contributed by atoms with E-state index in [0.717, 1.165) is 6.42 Å². The van der Waals surface area contributed by atoms with Crippen molar-refractivity contribution in [3.63, 3.8) is 0 Å². The zero-order valence-corrected chi connectivity index (χ0v) is 10.2.